The Morgan fingerprint density at radius 3 is 2.69 bits per heavy atom. The number of anilines is 1. The van der Waals surface area contributed by atoms with Crippen molar-refractivity contribution in [3.63, 3.8) is 0 Å². The Hall–Kier alpha value is -4.07. The van der Waals surface area contributed by atoms with Crippen LogP contribution in [0.15, 0.2) is 65.8 Å². The van der Waals surface area contributed by atoms with Crippen LogP contribution in [0, 0.1) is 12.7 Å². The van der Waals surface area contributed by atoms with Crippen molar-refractivity contribution in [2.45, 2.75) is 20.0 Å². The zero-order chi connectivity index (χ0) is 22.2. The summed E-state index contributed by atoms with van der Waals surface area (Å²) in [6.45, 7) is 2.97. The quantitative estimate of drug-likeness (QED) is 0.460. The van der Waals surface area contributed by atoms with Crippen molar-refractivity contribution >= 4 is 27.8 Å². The fraction of sp³-hybridized carbons (Fsp3) is 0.167. The Labute approximate surface area is 183 Å². The van der Waals surface area contributed by atoms with E-state index < -0.39 is 5.82 Å². The van der Waals surface area contributed by atoms with Gasteiger partial charge < -0.3 is 9.88 Å². The molecule has 0 fully saturated rings. The molecule has 5 rings (SSSR count). The molecule has 7 nitrogen and oxygen atoms in total. The van der Waals surface area contributed by atoms with Crippen LogP contribution in [0.4, 0.5) is 10.2 Å². The molecule has 0 amide bonds. The van der Waals surface area contributed by atoms with E-state index >= 15 is 0 Å². The highest BCUT2D eigenvalue weighted by molar-refractivity contribution is 5.87. The Balaban J connectivity index is 1.67. The van der Waals surface area contributed by atoms with E-state index in [2.05, 4.69) is 44.0 Å². The van der Waals surface area contributed by atoms with Crippen LogP contribution in [-0.4, -0.2) is 24.7 Å². The van der Waals surface area contributed by atoms with E-state index in [0.717, 1.165) is 16.5 Å². The largest absolute Gasteiger partial charge is 0.347 e. The number of rotatable bonds is 5. The third-order valence-corrected chi connectivity index (χ3v) is 5.70. The molecular weight excluding hydrogens is 407 g/mol. The van der Waals surface area contributed by atoms with Gasteiger partial charge in [0.05, 0.1) is 17.1 Å². The van der Waals surface area contributed by atoms with Gasteiger partial charge in [-0.3, -0.25) is 9.48 Å². The smallest absolute Gasteiger partial charge is 0.248 e. The maximum atomic E-state index is 14.4. The Morgan fingerprint density at radius 1 is 1.03 bits per heavy atom. The van der Waals surface area contributed by atoms with Crippen LogP contribution >= 0.6 is 0 Å². The number of nitrogens with one attached hydrogen (secondary N) is 1. The van der Waals surface area contributed by atoms with Crippen LogP contribution in [0.5, 0.6) is 0 Å². The van der Waals surface area contributed by atoms with Crippen molar-refractivity contribution in [2.24, 2.45) is 7.05 Å². The summed E-state index contributed by atoms with van der Waals surface area (Å²) in [5.41, 5.74) is 3.57. The summed E-state index contributed by atoms with van der Waals surface area (Å²) < 4.78 is 16.1. The van der Waals surface area contributed by atoms with Gasteiger partial charge >= 0.3 is 0 Å². The lowest BCUT2D eigenvalue weighted by Gasteiger charge is -2.26. The first-order valence-electron chi connectivity index (χ1n) is 10.2. The van der Waals surface area contributed by atoms with Crippen molar-refractivity contribution in [2.75, 3.05) is 4.90 Å². The Morgan fingerprint density at radius 2 is 1.84 bits per heavy atom. The lowest BCUT2D eigenvalue weighted by atomic mass is 10.1. The average Bonchev–Trinajstić information content (AvgIpc) is 3.16. The van der Waals surface area contributed by atoms with E-state index in [4.69, 9.17) is 0 Å². The third-order valence-electron chi connectivity index (χ3n) is 5.70. The molecule has 3 aromatic heterocycles. The number of aromatic amines is 1. The summed E-state index contributed by atoms with van der Waals surface area (Å²) >= 11 is 0. The van der Waals surface area contributed by atoms with Crippen molar-refractivity contribution in [1.29, 1.82) is 0 Å². The van der Waals surface area contributed by atoms with Crippen LogP contribution in [-0.2, 0) is 20.1 Å². The highest BCUT2D eigenvalue weighted by Crippen LogP contribution is 2.28. The van der Waals surface area contributed by atoms with Crippen LogP contribution in [0.2, 0.25) is 0 Å². The predicted molar refractivity (Wildman–Crippen MR) is 122 cm³/mol. The number of nitrogens with zero attached hydrogens (tertiary/aromatic N) is 5. The number of hydrogen-bond donors (Lipinski definition) is 1. The molecule has 0 spiro atoms. The monoisotopic (exact) mass is 428 g/mol. The lowest BCUT2D eigenvalue weighted by Crippen LogP contribution is -2.25. The number of para-hydroxylation sites is 1. The molecule has 32 heavy (non-hydrogen) atoms. The second-order valence-electron chi connectivity index (χ2n) is 7.81. The number of pyridine rings is 1. The van der Waals surface area contributed by atoms with Gasteiger partial charge in [0.2, 0.25) is 5.56 Å². The fourth-order valence-electron chi connectivity index (χ4n) is 4.05. The fourth-order valence-corrected chi connectivity index (χ4v) is 4.05. The normalized spacial score (nSPS) is 11.3. The van der Waals surface area contributed by atoms with Crippen LogP contribution in [0.1, 0.15) is 16.7 Å². The molecule has 160 valence electrons. The van der Waals surface area contributed by atoms with Gasteiger partial charge in [0.15, 0.2) is 5.65 Å². The zero-order valence-electron chi connectivity index (χ0n) is 17.7. The minimum atomic E-state index is -0.455. The molecule has 0 saturated heterocycles. The molecule has 0 bridgehead atoms. The first-order valence-corrected chi connectivity index (χ1v) is 10.2. The number of aryl methyl sites for hydroxylation is 2. The standard InChI is InChI=1S/C24H21FN6O/c1-15-6-3-4-7-16(15)12-31(24-19-11-28-30(2)23(19)26-14-27-24)13-17-10-21(32)29-22-18(17)8-5-9-20(22)25/h3-11,14H,12-13H2,1-2H3,(H,29,32). The number of benzene rings is 2. The molecule has 8 heteroatoms. The minimum Gasteiger partial charge on any atom is -0.347 e. The van der Waals surface area contributed by atoms with Crippen molar-refractivity contribution in [1.82, 2.24) is 24.7 Å². The van der Waals surface area contributed by atoms with Crippen LogP contribution in [0.3, 0.4) is 0 Å². The van der Waals surface area contributed by atoms with Gasteiger partial charge in [-0.1, -0.05) is 36.4 Å². The highest BCUT2D eigenvalue weighted by Gasteiger charge is 2.18. The molecule has 0 radical (unpaired) electrons. The van der Waals surface area contributed by atoms with Gasteiger partial charge in [-0.25, -0.2) is 14.4 Å². The number of aromatic nitrogens is 5. The maximum Gasteiger partial charge on any atom is 0.248 e. The average molecular weight is 428 g/mol. The second kappa shape index (κ2) is 7.88. The lowest BCUT2D eigenvalue weighted by molar-refractivity contribution is 0.636. The number of halogens is 1. The molecule has 5 aromatic rings. The molecule has 0 saturated carbocycles. The van der Waals surface area contributed by atoms with E-state index in [1.807, 2.05) is 25.2 Å². The van der Waals surface area contributed by atoms with Gasteiger partial charge in [0.25, 0.3) is 0 Å². The molecule has 2 aromatic carbocycles. The summed E-state index contributed by atoms with van der Waals surface area (Å²) in [4.78, 5) is 25.9. The van der Waals surface area contributed by atoms with Crippen molar-refractivity contribution < 1.29 is 4.39 Å². The first kappa shape index (κ1) is 19.9. The highest BCUT2D eigenvalue weighted by atomic mass is 19.1. The van der Waals surface area contributed by atoms with Crippen molar-refractivity contribution in [3.05, 3.63) is 93.9 Å². The molecule has 0 aliphatic carbocycles. The van der Waals surface area contributed by atoms with Gasteiger partial charge in [-0.15, -0.1) is 0 Å². The molecule has 0 atom stereocenters. The second-order valence-corrected chi connectivity index (χ2v) is 7.81. The summed E-state index contributed by atoms with van der Waals surface area (Å²) in [5, 5.41) is 5.80. The van der Waals surface area contributed by atoms with Crippen molar-refractivity contribution in [3.8, 4) is 0 Å². The summed E-state index contributed by atoms with van der Waals surface area (Å²) in [7, 11) is 1.83. The Bertz CT molecular complexity index is 1510. The van der Waals surface area contributed by atoms with Crippen LogP contribution < -0.4 is 10.5 Å². The first-order chi connectivity index (χ1) is 15.5. The molecule has 0 unspecified atom stereocenters. The molecule has 0 aliphatic heterocycles. The number of hydrogen-bond acceptors (Lipinski definition) is 5. The minimum absolute atomic E-state index is 0.208. The Kier molecular flexibility index (Phi) is 4.89. The van der Waals surface area contributed by atoms with Crippen LogP contribution in [0.25, 0.3) is 21.9 Å². The summed E-state index contributed by atoms with van der Waals surface area (Å²) in [6, 6.07) is 14.5. The zero-order valence-corrected chi connectivity index (χ0v) is 17.7. The van der Waals surface area contributed by atoms with Gasteiger partial charge in [-0.2, -0.15) is 5.10 Å². The number of fused-ring (bicyclic) bond motifs is 2. The van der Waals surface area contributed by atoms with Gasteiger partial charge in [0, 0.05) is 31.6 Å². The van der Waals surface area contributed by atoms with E-state index in [-0.39, 0.29) is 11.1 Å². The van der Waals surface area contributed by atoms with Gasteiger partial charge in [0.1, 0.15) is 18.0 Å². The molecule has 0 aliphatic rings. The number of H-pyrrole nitrogens is 1. The molecule has 3 heterocycles. The van der Waals surface area contributed by atoms with Gasteiger partial charge in [-0.05, 0) is 29.7 Å². The summed E-state index contributed by atoms with van der Waals surface area (Å²) in [5.74, 6) is 0.250. The van der Waals surface area contributed by atoms with E-state index in [0.29, 0.717) is 35.5 Å². The maximum absolute atomic E-state index is 14.4. The molecular formula is C24H21FN6O. The SMILES string of the molecule is Cc1ccccc1CN(Cc1cc(=O)[nH]c2c(F)cccc12)c1ncnc2c1cnn2C. The summed E-state index contributed by atoms with van der Waals surface area (Å²) in [6.07, 6.45) is 3.25. The predicted octanol–water partition coefficient (Wildman–Crippen LogP) is 3.86. The third kappa shape index (κ3) is 3.49. The molecule has 1 N–H and O–H groups in total. The van der Waals surface area contributed by atoms with E-state index in [1.54, 1.807) is 16.9 Å². The van der Waals surface area contributed by atoms with E-state index in [9.17, 15) is 9.18 Å². The topological polar surface area (TPSA) is 79.7 Å². The van der Waals surface area contributed by atoms with E-state index in [1.165, 1.54) is 18.5 Å².